The maximum atomic E-state index is 13.0. The summed E-state index contributed by atoms with van der Waals surface area (Å²) in [5.41, 5.74) is 2.54. The van der Waals surface area contributed by atoms with Crippen molar-refractivity contribution in [2.75, 3.05) is 5.32 Å². The summed E-state index contributed by atoms with van der Waals surface area (Å²) in [5, 5.41) is 3.18. The average Bonchev–Trinajstić information content (AvgIpc) is 2.93. The number of nitrogens with zero attached hydrogens (tertiary/aromatic N) is 2. The smallest absolute Gasteiger partial charge is 0.230 e. The van der Waals surface area contributed by atoms with Crippen molar-refractivity contribution in [2.24, 2.45) is 23.2 Å². The molecule has 0 radical (unpaired) electrons. The molecule has 1 amide bonds. The van der Waals surface area contributed by atoms with Gasteiger partial charge in [0.2, 0.25) is 5.91 Å². The highest BCUT2D eigenvalue weighted by Crippen LogP contribution is 2.60. The van der Waals surface area contributed by atoms with Crippen LogP contribution in [0.3, 0.4) is 0 Å². The first-order valence-corrected chi connectivity index (χ1v) is 8.97. The van der Waals surface area contributed by atoms with Crippen LogP contribution in [0, 0.1) is 23.2 Å². The highest BCUT2D eigenvalue weighted by Gasteiger charge is 2.54. The number of carbonyl (C=O) groups is 1. The number of amides is 1. The van der Waals surface area contributed by atoms with Crippen molar-refractivity contribution in [1.82, 2.24) is 8.75 Å². The quantitative estimate of drug-likeness (QED) is 0.916. The predicted octanol–water partition coefficient (Wildman–Crippen LogP) is 3.85. The van der Waals surface area contributed by atoms with Crippen LogP contribution in [0.15, 0.2) is 18.2 Å². The molecule has 0 unspecified atom stereocenters. The van der Waals surface area contributed by atoms with Gasteiger partial charge in [0.05, 0.1) is 17.1 Å². The summed E-state index contributed by atoms with van der Waals surface area (Å²) in [6, 6.07) is 5.83. The minimum atomic E-state index is -0.0932. The van der Waals surface area contributed by atoms with Gasteiger partial charge in [-0.3, -0.25) is 4.79 Å². The molecule has 2 aromatic rings. The van der Waals surface area contributed by atoms with Crippen LogP contribution in [-0.4, -0.2) is 14.7 Å². The number of aromatic nitrogens is 2. The highest BCUT2D eigenvalue weighted by atomic mass is 32.1. The molecule has 4 aliphatic rings. The molecule has 4 aliphatic carbocycles. The van der Waals surface area contributed by atoms with E-state index in [0.29, 0.717) is 0 Å². The number of hydrogen-bond donors (Lipinski definition) is 1. The fourth-order valence-corrected chi connectivity index (χ4v) is 6.03. The Labute approximate surface area is 133 Å². The Bertz CT molecular complexity index is 718. The molecule has 4 saturated carbocycles. The van der Waals surface area contributed by atoms with Gasteiger partial charge in [-0.15, -0.1) is 0 Å². The lowest BCUT2D eigenvalue weighted by molar-refractivity contribution is -0.140. The van der Waals surface area contributed by atoms with E-state index in [0.717, 1.165) is 53.7 Å². The Hall–Kier alpha value is -1.49. The lowest BCUT2D eigenvalue weighted by atomic mass is 9.49. The molecule has 1 heterocycles. The Kier molecular flexibility index (Phi) is 2.66. The van der Waals surface area contributed by atoms with Crippen molar-refractivity contribution in [3.05, 3.63) is 18.2 Å². The first kappa shape index (κ1) is 13.0. The molecule has 1 aromatic heterocycles. The van der Waals surface area contributed by atoms with Gasteiger partial charge >= 0.3 is 0 Å². The van der Waals surface area contributed by atoms with E-state index in [2.05, 4.69) is 14.1 Å². The first-order valence-electron chi connectivity index (χ1n) is 8.24. The second-order valence-electron chi connectivity index (χ2n) is 7.62. The normalized spacial score (nSPS) is 35.9. The van der Waals surface area contributed by atoms with Crippen LogP contribution < -0.4 is 5.32 Å². The number of benzene rings is 1. The SMILES string of the molecule is O=C(Nc1ccc2nsnc2c1)C12CC3CC(CC(C3)C1)C2. The zero-order valence-electron chi connectivity index (χ0n) is 12.4. The maximum absolute atomic E-state index is 13.0. The van der Waals surface area contributed by atoms with Crippen molar-refractivity contribution in [2.45, 2.75) is 38.5 Å². The fraction of sp³-hybridized carbons (Fsp3) is 0.588. The van der Waals surface area contributed by atoms with Crippen LogP contribution in [0.25, 0.3) is 11.0 Å². The number of anilines is 1. The van der Waals surface area contributed by atoms with E-state index in [-0.39, 0.29) is 11.3 Å². The second kappa shape index (κ2) is 4.51. The van der Waals surface area contributed by atoms with Crippen molar-refractivity contribution < 1.29 is 4.79 Å². The average molecular weight is 313 g/mol. The first-order chi connectivity index (χ1) is 10.7. The van der Waals surface area contributed by atoms with Crippen LogP contribution in [-0.2, 0) is 4.79 Å². The molecular weight excluding hydrogens is 294 g/mol. The Morgan fingerprint density at radius 2 is 1.68 bits per heavy atom. The molecule has 4 bridgehead atoms. The van der Waals surface area contributed by atoms with Crippen LogP contribution >= 0.6 is 11.7 Å². The van der Waals surface area contributed by atoms with E-state index in [1.54, 1.807) is 0 Å². The Balaban J connectivity index is 1.42. The number of hydrogen-bond acceptors (Lipinski definition) is 4. The van der Waals surface area contributed by atoms with E-state index in [1.165, 1.54) is 31.0 Å². The largest absolute Gasteiger partial charge is 0.326 e. The third-order valence-electron chi connectivity index (χ3n) is 6.03. The van der Waals surface area contributed by atoms with Gasteiger partial charge in [0.15, 0.2) is 0 Å². The van der Waals surface area contributed by atoms with E-state index < -0.39 is 0 Å². The summed E-state index contributed by atoms with van der Waals surface area (Å²) >= 11 is 1.22. The standard InChI is InChI=1S/C17H19N3OS/c21-16(18-13-1-2-14-15(6-13)20-22-19-14)17-7-10-3-11(8-17)5-12(4-10)9-17/h1-2,6,10-12H,3-5,7-9H2,(H,18,21). The molecule has 0 saturated heterocycles. The topological polar surface area (TPSA) is 54.9 Å². The summed E-state index contributed by atoms with van der Waals surface area (Å²) in [6.45, 7) is 0. The van der Waals surface area contributed by atoms with Crippen LogP contribution in [0.4, 0.5) is 5.69 Å². The van der Waals surface area contributed by atoms with Gasteiger partial charge in [-0.1, -0.05) is 0 Å². The van der Waals surface area contributed by atoms with Crippen LogP contribution in [0.1, 0.15) is 38.5 Å². The van der Waals surface area contributed by atoms with E-state index in [9.17, 15) is 4.79 Å². The summed E-state index contributed by atoms with van der Waals surface area (Å²) < 4.78 is 8.47. The molecule has 0 aliphatic heterocycles. The molecule has 22 heavy (non-hydrogen) atoms. The number of fused-ring (bicyclic) bond motifs is 1. The lowest BCUT2D eigenvalue weighted by Gasteiger charge is -2.55. The van der Waals surface area contributed by atoms with Gasteiger partial charge in [0.25, 0.3) is 0 Å². The molecule has 0 atom stereocenters. The highest BCUT2D eigenvalue weighted by molar-refractivity contribution is 7.00. The van der Waals surface area contributed by atoms with Crippen molar-refractivity contribution in [1.29, 1.82) is 0 Å². The fourth-order valence-electron chi connectivity index (χ4n) is 5.51. The zero-order chi connectivity index (χ0) is 14.7. The van der Waals surface area contributed by atoms with Gasteiger partial charge < -0.3 is 5.32 Å². The second-order valence-corrected chi connectivity index (χ2v) is 8.15. The molecule has 114 valence electrons. The minimum absolute atomic E-state index is 0.0932. The van der Waals surface area contributed by atoms with Gasteiger partial charge in [-0.2, -0.15) is 8.75 Å². The third kappa shape index (κ3) is 1.91. The number of rotatable bonds is 2. The molecule has 1 N–H and O–H groups in total. The van der Waals surface area contributed by atoms with Crippen LogP contribution in [0.5, 0.6) is 0 Å². The molecular formula is C17H19N3OS. The van der Waals surface area contributed by atoms with Gasteiger partial charge in [0.1, 0.15) is 11.0 Å². The van der Waals surface area contributed by atoms with E-state index in [1.807, 2.05) is 18.2 Å². The van der Waals surface area contributed by atoms with Gasteiger partial charge in [0, 0.05) is 5.69 Å². The molecule has 5 heteroatoms. The van der Waals surface area contributed by atoms with Crippen molar-refractivity contribution >= 4 is 34.4 Å². The van der Waals surface area contributed by atoms with Crippen LogP contribution in [0.2, 0.25) is 0 Å². The molecule has 4 fully saturated rings. The van der Waals surface area contributed by atoms with E-state index in [4.69, 9.17) is 0 Å². The maximum Gasteiger partial charge on any atom is 0.230 e. The lowest BCUT2D eigenvalue weighted by Crippen LogP contribution is -2.51. The molecule has 0 spiro atoms. The predicted molar refractivity (Wildman–Crippen MR) is 86.6 cm³/mol. The molecule has 4 nitrogen and oxygen atoms in total. The monoisotopic (exact) mass is 313 g/mol. The van der Waals surface area contributed by atoms with Crippen molar-refractivity contribution in [3.63, 3.8) is 0 Å². The summed E-state index contributed by atoms with van der Waals surface area (Å²) in [4.78, 5) is 13.0. The third-order valence-corrected chi connectivity index (χ3v) is 6.59. The summed E-state index contributed by atoms with van der Waals surface area (Å²) in [7, 11) is 0. The minimum Gasteiger partial charge on any atom is -0.326 e. The zero-order valence-corrected chi connectivity index (χ0v) is 13.2. The number of carbonyl (C=O) groups excluding carboxylic acids is 1. The number of nitrogens with one attached hydrogen (secondary N) is 1. The summed E-state index contributed by atoms with van der Waals surface area (Å²) in [5.74, 6) is 2.63. The van der Waals surface area contributed by atoms with Crippen molar-refractivity contribution in [3.8, 4) is 0 Å². The molecule has 1 aromatic carbocycles. The van der Waals surface area contributed by atoms with E-state index >= 15 is 0 Å². The summed E-state index contributed by atoms with van der Waals surface area (Å²) in [6.07, 6.45) is 7.40. The van der Waals surface area contributed by atoms with Gasteiger partial charge in [-0.25, -0.2) is 0 Å². The van der Waals surface area contributed by atoms with Gasteiger partial charge in [-0.05, 0) is 74.5 Å². The Morgan fingerprint density at radius 3 is 2.36 bits per heavy atom. The Morgan fingerprint density at radius 1 is 1.05 bits per heavy atom. The molecule has 6 rings (SSSR count).